The lowest BCUT2D eigenvalue weighted by Gasteiger charge is -2.12. The van der Waals surface area contributed by atoms with Gasteiger partial charge >= 0.3 is 0 Å². The van der Waals surface area contributed by atoms with Gasteiger partial charge in [-0.1, -0.05) is 29.8 Å². The zero-order valence-electron chi connectivity index (χ0n) is 10.1. The summed E-state index contributed by atoms with van der Waals surface area (Å²) in [6.07, 6.45) is 2.74. The number of aliphatic hydroxyl groups is 1. The number of benzene rings is 1. The molecule has 1 aromatic heterocycles. The second-order valence-corrected chi connectivity index (χ2v) is 4.43. The van der Waals surface area contributed by atoms with Gasteiger partial charge in [0.25, 0.3) is 0 Å². The van der Waals surface area contributed by atoms with Crippen molar-refractivity contribution in [3.8, 4) is 0 Å². The lowest BCUT2D eigenvalue weighted by atomic mass is 10.0. The number of hydrogen-bond donors (Lipinski definition) is 1. The van der Waals surface area contributed by atoms with Gasteiger partial charge in [-0.2, -0.15) is 0 Å². The van der Waals surface area contributed by atoms with Crippen LogP contribution in [0.3, 0.4) is 0 Å². The number of aromatic nitrogens is 1. The molecule has 0 fully saturated rings. The predicted octanol–water partition coefficient (Wildman–Crippen LogP) is 3.62. The SMILES string of the molecule is C=C(C)CCC(O)c1nccc2ccccc12. The third-order valence-electron chi connectivity index (χ3n) is 2.86. The summed E-state index contributed by atoms with van der Waals surface area (Å²) >= 11 is 0. The van der Waals surface area contributed by atoms with Gasteiger partial charge in [0.15, 0.2) is 0 Å². The van der Waals surface area contributed by atoms with Crippen molar-refractivity contribution in [1.82, 2.24) is 4.98 Å². The van der Waals surface area contributed by atoms with E-state index in [0.29, 0.717) is 6.42 Å². The molecule has 2 heteroatoms. The third-order valence-corrected chi connectivity index (χ3v) is 2.86. The van der Waals surface area contributed by atoms with Gasteiger partial charge in [-0.25, -0.2) is 0 Å². The zero-order valence-corrected chi connectivity index (χ0v) is 10.1. The van der Waals surface area contributed by atoms with E-state index in [4.69, 9.17) is 0 Å². The average Bonchev–Trinajstić information content (AvgIpc) is 2.35. The van der Waals surface area contributed by atoms with Crippen molar-refractivity contribution >= 4 is 10.8 Å². The highest BCUT2D eigenvalue weighted by molar-refractivity contribution is 5.84. The van der Waals surface area contributed by atoms with E-state index in [9.17, 15) is 5.11 Å². The molecule has 1 heterocycles. The van der Waals surface area contributed by atoms with Crippen LogP contribution in [0.1, 0.15) is 31.6 Å². The molecule has 88 valence electrons. The van der Waals surface area contributed by atoms with Crippen molar-refractivity contribution in [2.75, 3.05) is 0 Å². The Balaban J connectivity index is 2.31. The summed E-state index contributed by atoms with van der Waals surface area (Å²) in [7, 11) is 0. The quantitative estimate of drug-likeness (QED) is 0.809. The van der Waals surface area contributed by atoms with Gasteiger partial charge < -0.3 is 5.11 Å². The first-order chi connectivity index (χ1) is 8.18. The van der Waals surface area contributed by atoms with Crippen LogP contribution in [0.4, 0.5) is 0 Å². The molecule has 0 bridgehead atoms. The van der Waals surface area contributed by atoms with E-state index in [-0.39, 0.29) is 0 Å². The van der Waals surface area contributed by atoms with Crippen LogP contribution >= 0.6 is 0 Å². The van der Waals surface area contributed by atoms with Gasteiger partial charge in [-0.3, -0.25) is 4.98 Å². The predicted molar refractivity (Wildman–Crippen MR) is 70.8 cm³/mol. The smallest absolute Gasteiger partial charge is 0.0969 e. The second kappa shape index (κ2) is 5.11. The fourth-order valence-corrected chi connectivity index (χ4v) is 1.93. The highest BCUT2D eigenvalue weighted by atomic mass is 16.3. The van der Waals surface area contributed by atoms with E-state index in [1.807, 2.05) is 37.3 Å². The zero-order chi connectivity index (χ0) is 12.3. The van der Waals surface area contributed by atoms with Crippen molar-refractivity contribution in [3.05, 3.63) is 54.4 Å². The molecule has 2 nitrogen and oxygen atoms in total. The summed E-state index contributed by atoms with van der Waals surface area (Å²) in [5, 5.41) is 12.3. The Morgan fingerprint density at radius 3 is 2.88 bits per heavy atom. The molecular formula is C15H17NO. The van der Waals surface area contributed by atoms with Crippen molar-refractivity contribution in [3.63, 3.8) is 0 Å². The number of aliphatic hydroxyl groups excluding tert-OH is 1. The molecule has 0 aliphatic heterocycles. The number of fused-ring (bicyclic) bond motifs is 1. The first-order valence-electron chi connectivity index (χ1n) is 5.84. The van der Waals surface area contributed by atoms with E-state index in [2.05, 4.69) is 11.6 Å². The van der Waals surface area contributed by atoms with E-state index >= 15 is 0 Å². The molecule has 17 heavy (non-hydrogen) atoms. The fourth-order valence-electron chi connectivity index (χ4n) is 1.93. The van der Waals surface area contributed by atoms with Crippen molar-refractivity contribution < 1.29 is 5.11 Å². The topological polar surface area (TPSA) is 33.1 Å². The average molecular weight is 227 g/mol. The summed E-state index contributed by atoms with van der Waals surface area (Å²) in [5.74, 6) is 0. The van der Waals surface area contributed by atoms with Crippen LogP contribution in [0.15, 0.2) is 48.7 Å². The molecule has 0 aliphatic rings. The van der Waals surface area contributed by atoms with Gasteiger partial charge in [-0.05, 0) is 31.2 Å². The minimum absolute atomic E-state index is 0.516. The van der Waals surface area contributed by atoms with Crippen LogP contribution in [-0.2, 0) is 0 Å². The normalized spacial score (nSPS) is 12.6. The van der Waals surface area contributed by atoms with Crippen LogP contribution in [-0.4, -0.2) is 10.1 Å². The second-order valence-electron chi connectivity index (χ2n) is 4.43. The molecule has 2 rings (SSSR count). The Labute approximate surface area is 102 Å². The maximum atomic E-state index is 10.2. The van der Waals surface area contributed by atoms with Gasteiger partial charge in [0.05, 0.1) is 11.8 Å². The molecule has 0 amide bonds. The number of pyridine rings is 1. The molecule has 1 aromatic carbocycles. The number of allylic oxidation sites excluding steroid dienone is 1. The minimum Gasteiger partial charge on any atom is -0.387 e. The summed E-state index contributed by atoms with van der Waals surface area (Å²) in [5.41, 5.74) is 1.86. The van der Waals surface area contributed by atoms with Crippen LogP contribution < -0.4 is 0 Å². The van der Waals surface area contributed by atoms with Crippen molar-refractivity contribution in [1.29, 1.82) is 0 Å². The Kier molecular flexibility index (Phi) is 3.55. The lowest BCUT2D eigenvalue weighted by Crippen LogP contribution is -2.01. The first-order valence-corrected chi connectivity index (χ1v) is 5.84. The molecule has 0 spiro atoms. The molecule has 1 atom stereocenters. The van der Waals surface area contributed by atoms with Gasteiger partial charge in [0.1, 0.15) is 0 Å². The summed E-state index contributed by atoms with van der Waals surface area (Å²) in [4.78, 5) is 4.31. The highest BCUT2D eigenvalue weighted by Crippen LogP contribution is 2.25. The Morgan fingerprint density at radius 1 is 1.35 bits per heavy atom. The van der Waals surface area contributed by atoms with Crippen molar-refractivity contribution in [2.24, 2.45) is 0 Å². The van der Waals surface area contributed by atoms with E-state index in [1.165, 1.54) is 0 Å². The number of hydrogen-bond acceptors (Lipinski definition) is 2. The molecule has 0 saturated carbocycles. The van der Waals surface area contributed by atoms with E-state index in [1.54, 1.807) is 6.20 Å². The fraction of sp³-hybridized carbons (Fsp3) is 0.267. The third kappa shape index (κ3) is 2.71. The molecule has 2 aromatic rings. The Bertz CT molecular complexity index is 528. The first kappa shape index (κ1) is 11.8. The van der Waals surface area contributed by atoms with Crippen molar-refractivity contribution in [2.45, 2.75) is 25.9 Å². The minimum atomic E-state index is -0.516. The standard InChI is InChI=1S/C15H17NO/c1-11(2)7-8-14(17)15-13-6-4-3-5-12(13)9-10-16-15/h3-6,9-10,14,17H,1,7-8H2,2H3. The Hall–Kier alpha value is -1.67. The lowest BCUT2D eigenvalue weighted by molar-refractivity contribution is 0.165. The van der Waals surface area contributed by atoms with E-state index in [0.717, 1.165) is 28.5 Å². The monoisotopic (exact) mass is 227 g/mol. The molecule has 0 saturated heterocycles. The van der Waals surface area contributed by atoms with Crippen LogP contribution in [0.5, 0.6) is 0 Å². The number of rotatable bonds is 4. The van der Waals surface area contributed by atoms with Crippen LogP contribution in [0.25, 0.3) is 10.8 Å². The maximum absolute atomic E-state index is 10.2. The molecule has 0 aliphatic carbocycles. The van der Waals surface area contributed by atoms with E-state index < -0.39 is 6.10 Å². The van der Waals surface area contributed by atoms with Gasteiger partial charge in [-0.15, -0.1) is 6.58 Å². The van der Waals surface area contributed by atoms with Crippen LogP contribution in [0.2, 0.25) is 0 Å². The highest BCUT2D eigenvalue weighted by Gasteiger charge is 2.12. The van der Waals surface area contributed by atoms with Gasteiger partial charge in [0.2, 0.25) is 0 Å². The number of nitrogens with zero attached hydrogens (tertiary/aromatic N) is 1. The van der Waals surface area contributed by atoms with Gasteiger partial charge in [0, 0.05) is 11.6 Å². The van der Waals surface area contributed by atoms with Crippen LogP contribution in [0, 0.1) is 0 Å². The Morgan fingerprint density at radius 2 is 2.12 bits per heavy atom. The molecule has 1 N–H and O–H groups in total. The molecule has 0 radical (unpaired) electrons. The summed E-state index contributed by atoms with van der Waals surface area (Å²) in [6, 6.07) is 9.96. The summed E-state index contributed by atoms with van der Waals surface area (Å²) in [6.45, 7) is 5.83. The molecule has 1 unspecified atom stereocenters. The molecular weight excluding hydrogens is 210 g/mol. The summed E-state index contributed by atoms with van der Waals surface area (Å²) < 4.78 is 0. The maximum Gasteiger partial charge on any atom is 0.0969 e. The largest absolute Gasteiger partial charge is 0.387 e.